The first-order valence-electron chi connectivity index (χ1n) is 8.45. The highest BCUT2D eigenvalue weighted by molar-refractivity contribution is 7.98. The summed E-state index contributed by atoms with van der Waals surface area (Å²) in [5.41, 5.74) is 0.183. The number of piperidine rings is 1. The molecule has 0 unspecified atom stereocenters. The fourth-order valence-electron chi connectivity index (χ4n) is 3.03. The number of nitrogens with one attached hydrogen (secondary N) is 1. The minimum absolute atomic E-state index is 0.0750. The SMILES string of the molecule is CSc1ccc(C(=O)NC2CCN(C(=O)c3ccco3)CC2)cc1[N+](=O)[O-]. The van der Waals surface area contributed by atoms with Gasteiger partial charge in [-0.2, -0.15) is 0 Å². The lowest BCUT2D eigenvalue weighted by Crippen LogP contribution is -2.46. The Morgan fingerprint density at radius 1 is 1.30 bits per heavy atom. The lowest BCUT2D eigenvalue weighted by Gasteiger charge is -2.31. The second-order valence-corrected chi connectivity index (χ2v) is 7.01. The van der Waals surface area contributed by atoms with Crippen molar-refractivity contribution in [1.29, 1.82) is 0 Å². The number of benzene rings is 1. The van der Waals surface area contributed by atoms with Crippen LogP contribution in [0.5, 0.6) is 0 Å². The second kappa shape index (κ2) is 8.26. The van der Waals surface area contributed by atoms with E-state index in [1.165, 1.54) is 24.1 Å². The van der Waals surface area contributed by atoms with Crippen molar-refractivity contribution in [1.82, 2.24) is 10.2 Å². The Bertz CT molecular complexity index is 845. The van der Waals surface area contributed by atoms with Crippen LogP contribution < -0.4 is 5.32 Å². The minimum Gasteiger partial charge on any atom is -0.459 e. The minimum atomic E-state index is -0.485. The molecule has 0 radical (unpaired) electrons. The molecule has 0 saturated carbocycles. The van der Waals surface area contributed by atoms with Gasteiger partial charge in [0.1, 0.15) is 0 Å². The zero-order valence-corrected chi connectivity index (χ0v) is 15.5. The summed E-state index contributed by atoms with van der Waals surface area (Å²) in [4.78, 5) is 37.6. The number of rotatable bonds is 5. The number of nitrogens with zero attached hydrogens (tertiary/aromatic N) is 2. The maximum absolute atomic E-state index is 12.5. The first kappa shape index (κ1) is 19.0. The van der Waals surface area contributed by atoms with E-state index in [0.29, 0.717) is 36.6 Å². The molecular formula is C18H19N3O5S. The number of amides is 2. The third-order valence-electron chi connectivity index (χ3n) is 4.49. The maximum atomic E-state index is 12.5. The second-order valence-electron chi connectivity index (χ2n) is 6.16. The van der Waals surface area contributed by atoms with Crippen LogP contribution in [0.4, 0.5) is 5.69 Å². The number of likely N-dealkylation sites (tertiary alicyclic amines) is 1. The van der Waals surface area contributed by atoms with E-state index in [1.807, 2.05) is 0 Å². The number of carbonyl (C=O) groups is 2. The molecule has 0 bridgehead atoms. The molecule has 1 aliphatic rings. The molecule has 1 aromatic heterocycles. The summed E-state index contributed by atoms with van der Waals surface area (Å²) in [6.45, 7) is 1.02. The van der Waals surface area contributed by atoms with E-state index in [0.717, 1.165) is 0 Å². The van der Waals surface area contributed by atoms with Crippen molar-refractivity contribution in [3.8, 4) is 0 Å². The molecule has 2 heterocycles. The molecule has 9 heteroatoms. The van der Waals surface area contributed by atoms with Crippen molar-refractivity contribution in [2.45, 2.75) is 23.8 Å². The van der Waals surface area contributed by atoms with Gasteiger partial charge >= 0.3 is 0 Å². The van der Waals surface area contributed by atoms with E-state index in [2.05, 4.69) is 5.32 Å². The predicted molar refractivity (Wildman–Crippen MR) is 100.0 cm³/mol. The zero-order valence-electron chi connectivity index (χ0n) is 14.7. The van der Waals surface area contributed by atoms with Gasteiger partial charge in [-0.1, -0.05) is 0 Å². The fraction of sp³-hybridized carbons (Fsp3) is 0.333. The summed E-state index contributed by atoms with van der Waals surface area (Å²) in [5.74, 6) is -0.201. The van der Waals surface area contributed by atoms with Crippen LogP contribution in [0, 0.1) is 10.1 Å². The van der Waals surface area contributed by atoms with E-state index in [9.17, 15) is 19.7 Å². The van der Waals surface area contributed by atoms with Gasteiger partial charge in [0, 0.05) is 30.8 Å². The first-order valence-corrected chi connectivity index (χ1v) is 9.68. The van der Waals surface area contributed by atoms with Gasteiger partial charge in [-0.05, 0) is 43.4 Å². The Kier molecular flexibility index (Phi) is 5.80. The molecule has 2 amide bonds. The van der Waals surface area contributed by atoms with Crippen molar-refractivity contribution in [3.05, 3.63) is 58.0 Å². The lowest BCUT2D eigenvalue weighted by molar-refractivity contribution is -0.387. The van der Waals surface area contributed by atoms with Crippen LogP contribution in [-0.2, 0) is 0 Å². The summed E-state index contributed by atoms with van der Waals surface area (Å²) in [5, 5.41) is 14.1. The predicted octanol–water partition coefficient (Wildman–Crippen LogP) is 2.94. The first-order chi connectivity index (χ1) is 13.0. The van der Waals surface area contributed by atoms with Gasteiger partial charge < -0.3 is 14.6 Å². The Morgan fingerprint density at radius 3 is 2.63 bits per heavy atom. The molecule has 1 aliphatic heterocycles. The molecule has 1 N–H and O–H groups in total. The molecule has 0 spiro atoms. The number of thioether (sulfide) groups is 1. The molecule has 0 aliphatic carbocycles. The number of carbonyl (C=O) groups excluding carboxylic acids is 2. The molecule has 27 heavy (non-hydrogen) atoms. The standard InChI is InChI=1S/C18H19N3O5S/c1-27-16-5-4-12(11-14(16)21(24)25)17(22)19-13-6-8-20(9-7-13)18(23)15-3-2-10-26-15/h2-5,10-11,13H,6-9H2,1H3,(H,19,22). The maximum Gasteiger partial charge on any atom is 0.289 e. The topological polar surface area (TPSA) is 106 Å². The summed E-state index contributed by atoms with van der Waals surface area (Å²) in [6.07, 6.45) is 4.44. The van der Waals surface area contributed by atoms with Crippen molar-refractivity contribution < 1.29 is 18.9 Å². The van der Waals surface area contributed by atoms with Crippen LogP contribution in [0.25, 0.3) is 0 Å². The zero-order chi connectivity index (χ0) is 19.4. The molecular weight excluding hydrogens is 370 g/mol. The summed E-state index contributed by atoms with van der Waals surface area (Å²) >= 11 is 1.26. The summed E-state index contributed by atoms with van der Waals surface area (Å²) < 4.78 is 5.13. The van der Waals surface area contributed by atoms with Crippen molar-refractivity contribution in [2.75, 3.05) is 19.3 Å². The van der Waals surface area contributed by atoms with Crippen molar-refractivity contribution >= 4 is 29.3 Å². The van der Waals surface area contributed by atoms with E-state index in [-0.39, 0.29) is 29.1 Å². The molecule has 0 atom stereocenters. The van der Waals surface area contributed by atoms with Crippen LogP contribution in [0.3, 0.4) is 0 Å². The highest BCUT2D eigenvalue weighted by atomic mass is 32.2. The quantitative estimate of drug-likeness (QED) is 0.479. The van der Waals surface area contributed by atoms with E-state index >= 15 is 0 Å². The number of nitro groups is 1. The lowest BCUT2D eigenvalue weighted by atomic mass is 10.0. The van der Waals surface area contributed by atoms with Gasteiger partial charge in [-0.15, -0.1) is 11.8 Å². The molecule has 1 aromatic carbocycles. The van der Waals surface area contributed by atoms with Gasteiger partial charge in [0.05, 0.1) is 16.1 Å². The average Bonchev–Trinajstić information content (AvgIpc) is 3.22. The molecule has 3 rings (SSSR count). The Hall–Kier alpha value is -2.81. The molecule has 1 saturated heterocycles. The van der Waals surface area contributed by atoms with Gasteiger partial charge in [0.25, 0.3) is 17.5 Å². The van der Waals surface area contributed by atoms with Crippen LogP contribution in [0.15, 0.2) is 45.9 Å². The molecule has 142 valence electrons. The highest BCUT2D eigenvalue weighted by Gasteiger charge is 2.26. The number of furan rings is 1. The average molecular weight is 389 g/mol. The van der Waals surface area contributed by atoms with Gasteiger partial charge in [-0.3, -0.25) is 19.7 Å². The molecule has 2 aromatic rings. The van der Waals surface area contributed by atoms with E-state index in [4.69, 9.17) is 4.42 Å². The Morgan fingerprint density at radius 2 is 2.04 bits per heavy atom. The Labute approximate surface area is 160 Å². The summed E-state index contributed by atoms with van der Waals surface area (Å²) in [6, 6.07) is 7.68. The van der Waals surface area contributed by atoms with E-state index in [1.54, 1.807) is 35.4 Å². The highest BCUT2D eigenvalue weighted by Crippen LogP contribution is 2.28. The molecule has 8 nitrogen and oxygen atoms in total. The number of hydrogen-bond donors (Lipinski definition) is 1. The fourth-order valence-corrected chi connectivity index (χ4v) is 3.57. The smallest absolute Gasteiger partial charge is 0.289 e. The summed E-state index contributed by atoms with van der Waals surface area (Å²) in [7, 11) is 0. The molecule has 1 fully saturated rings. The van der Waals surface area contributed by atoms with Crippen molar-refractivity contribution in [3.63, 3.8) is 0 Å². The van der Waals surface area contributed by atoms with Crippen LogP contribution in [-0.4, -0.2) is 47.0 Å². The third kappa shape index (κ3) is 4.30. The number of nitro benzene ring substituents is 1. The van der Waals surface area contributed by atoms with Gasteiger partial charge in [0.2, 0.25) is 0 Å². The van der Waals surface area contributed by atoms with Gasteiger partial charge in [0.15, 0.2) is 5.76 Å². The monoisotopic (exact) mass is 389 g/mol. The van der Waals surface area contributed by atoms with Crippen LogP contribution in [0.2, 0.25) is 0 Å². The normalized spacial score (nSPS) is 14.8. The third-order valence-corrected chi connectivity index (χ3v) is 5.27. The van der Waals surface area contributed by atoms with Gasteiger partial charge in [-0.25, -0.2) is 0 Å². The number of hydrogen-bond acceptors (Lipinski definition) is 6. The van der Waals surface area contributed by atoms with Crippen molar-refractivity contribution in [2.24, 2.45) is 0 Å². The van der Waals surface area contributed by atoms with Crippen LogP contribution in [0.1, 0.15) is 33.8 Å². The Balaban J connectivity index is 1.59. The van der Waals surface area contributed by atoms with Crippen LogP contribution >= 0.6 is 11.8 Å². The largest absolute Gasteiger partial charge is 0.459 e. The van der Waals surface area contributed by atoms with E-state index < -0.39 is 4.92 Å².